The molecule has 11 nitrogen and oxygen atoms in total. The average Bonchev–Trinajstić information content (AvgIpc) is 2.52. The van der Waals surface area contributed by atoms with E-state index in [9.17, 15) is 29.7 Å². The lowest BCUT2D eigenvalue weighted by atomic mass is 9.94. The van der Waals surface area contributed by atoms with E-state index >= 15 is 0 Å². The normalized spacial score (nSPS) is 33.2. The van der Waals surface area contributed by atoms with Gasteiger partial charge in [0.15, 0.2) is 18.2 Å². The average molecular weight is 364 g/mol. The number of esters is 1. The summed E-state index contributed by atoms with van der Waals surface area (Å²) in [5.74, 6) is -3.32. The second kappa shape index (κ2) is 8.17. The van der Waals surface area contributed by atoms with E-state index in [1.54, 1.807) is 0 Å². The molecule has 1 aliphatic heterocycles. The number of ether oxygens (including phenoxy) is 3. The van der Waals surface area contributed by atoms with Crippen molar-refractivity contribution in [3.63, 3.8) is 0 Å². The molecule has 0 aromatic rings. The molecule has 1 aliphatic rings. The molecule has 144 valence electrons. The Morgan fingerprint density at radius 2 is 1.88 bits per heavy atom. The molecule has 0 aliphatic carbocycles. The van der Waals surface area contributed by atoms with Gasteiger partial charge in [-0.1, -0.05) is 0 Å². The summed E-state index contributed by atoms with van der Waals surface area (Å²) in [6.07, 6.45) is -5.74. The largest absolute Gasteiger partial charge is 0.479 e. The summed E-state index contributed by atoms with van der Waals surface area (Å²) in [5, 5.41) is 28.6. The van der Waals surface area contributed by atoms with Crippen molar-refractivity contribution in [3.8, 4) is 0 Å². The smallest absolute Gasteiger partial charge is 0.343 e. The van der Waals surface area contributed by atoms with Gasteiger partial charge in [0.1, 0.15) is 18.2 Å². The Morgan fingerprint density at radius 1 is 1.32 bits per heavy atom. The van der Waals surface area contributed by atoms with Gasteiger partial charge in [0.05, 0.1) is 12.6 Å². The van der Waals surface area contributed by atoms with Crippen LogP contribution in [0.1, 0.15) is 20.8 Å². The SMILES string of the molecule is CC(=O)C(C)(O[C@@H]1[C@@H](N)[C@@H](O)O[C@H](CO)[C@H]1OC(=O)[C@H](C)N)C(=O)O. The monoisotopic (exact) mass is 364 g/mol. The maximum Gasteiger partial charge on any atom is 0.343 e. The van der Waals surface area contributed by atoms with Crippen molar-refractivity contribution in [2.24, 2.45) is 11.5 Å². The fourth-order valence-electron chi connectivity index (χ4n) is 2.17. The molecule has 7 N–H and O–H groups in total. The summed E-state index contributed by atoms with van der Waals surface area (Å²) in [5.41, 5.74) is 8.90. The van der Waals surface area contributed by atoms with Crippen LogP contribution in [0.3, 0.4) is 0 Å². The number of aliphatic carboxylic acids is 1. The highest BCUT2D eigenvalue weighted by atomic mass is 16.7. The number of Topliss-reactive ketones (excluding diaryl/α,β-unsaturated/α-hetero) is 1. The molecule has 0 aromatic heterocycles. The Balaban J connectivity index is 3.23. The van der Waals surface area contributed by atoms with E-state index in [1.807, 2.05) is 0 Å². The van der Waals surface area contributed by atoms with Gasteiger partial charge < -0.3 is 41.0 Å². The van der Waals surface area contributed by atoms with E-state index < -0.39 is 66.6 Å². The molecule has 1 saturated heterocycles. The number of ketones is 1. The van der Waals surface area contributed by atoms with Crippen LogP contribution >= 0.6 is 0 Å². The first-order valence-electron chi connectivity index (χ1n) is 7.54. The molecule has 1 unspecified atom stereocenters. The third-order valence-electron chi connectivity index (χ3n) is 3.97. The minimum atomic E-state index is -2.31. The Labute approximate surface area is 143 Å². The number of carboxylic acid groups (broad SMARTS) is 1. The van der Waals surface area contributed by atoms with Crippen molar-refractivity contribution < 1.29 is 43.9 Å². The second-order valence-corrected chi connectivity index (χ2v) is 5.99. The zero-order valence-electron chi connectivity index (χ0n) is 14.1. The van der Waals surface area contributed by atoms with Gasteiger partial charge >= 0.3 is 11.9 Å². The molecule has 1 heterocycles. The number of carbonyl (C=O) groups is 3. The molecule has 0 spiro atoms. The van der Waals surface area contributed by atoms with Gasteiger partial charge in [-0.3, -0.25) is 9.59 Å². The van der Waals surface area contributed by atoms with Gasteiger partial charge in [0, 0.05) is 0 Å². The minimum absolute atomic E-state index is 0.690. The van der Waals surface area contributed by atoms with Gasteiger partial charge in [-0.15, -0.1) is 0 Å². The van der Waals surface area contributed by atoms with Gasteiger partial charge in [0.2, 0.25) is 5.60 Å². The Bertz CT molecular complexity index is 510. The number of nitrogens with two attached hydrogens (primary N) is 2. The standard InChI is InChI=1S/C14H24N2O9/c1-5(15)11(19)24-9-7(4-17)23-12(20)8(16)10(9)25-14(3,6(2)18)13(21)22/h5,7-10,12,17,20H,4,15-16H2,1-3H3,(H,21,22)/t5-,7+,8+,9+,10+,12-,14?/m0/s1. The van der Waals surface area contributed by atoms with Gasteiger partial charge in [-0.2, -0.15) is 0 Å². The summed E-state index contributed by atoms with van der Waals surface area (Å²) in [6, 6.07) is -2.38. The zero-order valence-corrected chi connectivity index (χ0v) is 14.1. The summed E-state index contributed by atoms with van der Waals surface area (Å²) in [4.78, 5) is 35.0. The predicted octanol–water partition coefficient (Wildman–Crippen LogP) is -2.90. The lowest BCUT2D eigenvalue weighted by Crippen LogP contribution is -2.67. The molecule has 11 heteroatoms. The highest BCUT2D eigenvalue weighted by Crippen LogP contribution is 2.28. The number of hydrogen-bond acceptors (Lipinski definition) is 10. The number of carboxylic acids is 1. The van der Waals surface area contributed by atoms with Crippen LogP contribution in [0.15, 0.2) is 0 Å². The first-order chi connectivity index (χ1) is 11.5. The Hall–Kier alpha value is -1.63. The third kappa shape index (κ3) is 4.51. The Morgan fingerprint density at radius 3 is 2.28 bits per heavy atom. The molecular weight excluding hydrogens is 340 g/mol. The van der Waals surface area contributed by atoms with Crippen molar-refractivity contribution in [1.29, 1.82) is 0 Å². The summed E-state index contributed by atoms with van der Waals surface area (Å²) >= 11 is 0. The number of rotatable bonds is 7. The van der Waals surface area contributed by atoms with Crippen LogP contribution in [0.2, 0.25) is 0 Å². The van der Waals surface area contributed by atoms with E-state index in [0.29, 0.717) is 0 Å². The molecule has 0 bridgehead atoms. The van der Waals surface area contributed by atoms with Crippen LogP contribution in [0.4, 0.5) is 0 Å². The molecule has 1 fully saturated rings. The number of aliphatic hydroxyl groups is 2. The highest BCUT2D eigenvalue weighted by Gasteiger charge is 2.52. The maximum absolute atomic E-state index is 11.8. The fourth-order valence-corrected chi connectivity index (χ4v) is 2.17. The van der Waals surface area contributed by atoms with Crippen LogP contribution < -0.4 is 11.5 Å². The molecule has 0 radical (unpaired) electrons. The molecular formula is C14H24N2O9. The lowest BCUT2D eigenvalue weighted by Gasteiger charge is -2.44. The quantitative estimate of drug-likeness (QED) is 0.230. The van der Waals surface area contributed by atoms with E-state index in [4.69, 9.17) is 25.7 Å². The fraction of sp³-hybridized carbons (Fsp3) is 0.786. The highest BCUT2D eigenvalue weighted by molar-refractivity contribution is 6.04. The van der Waals surface area contributed by atoms with E-state index in [1.165, 1.54) is 6.92 Å². The van der Waals surface area contributed by atoms with Crippen molar-refractivity contribution in [1.82, 2.24) is 0 Å². The van der Waals surface area contributed by atoms with Crippen LogP contribution in [-0.2, 0) is 28.6 Å². The van der Waals surface area contributed by atoms with Crippen molar-refractivity contribution >= 4 is 17.7 Å². The van der Waals surface area contributed by atoms with Gasteiger partial charge in [0.25, 0.3) is 0 Å². The van der Waals surface area contributed by atoms with E-state index in [-0.39, 0.29) is 0 Å². The molecule has 0 saturated carbocycles. The van der Waals surface area contributed by atoms with Gasteiger partial charge in [-0.05, 0) is 20.8 Å². The molecule has 25 heavy (non-hydrogen) atoms. The zero-order chi connectivity index (χ0) is 19.5. The summed E-state index contributed by atoms with van der Waals surface area (Å²) in [7, 11) is 0. The lowest BCUT2D eigenvalue weighted by molar-refractivity contribution is -0.275. The van der Waals surface area contributed by atoms with Crippen LogP contribution in [-0.4, -0.2) is 81.9 Å². The number of carbonyl (C=O) groups excluding carboxylic acids is 2. The van der Waals surface area contributed by atoms with Crippen LogP contribution in [0, 0.1) is 0 Å². The molecule has 0 amide bonds. The third-order valence-corrected chi connectivity index (χ3v) is 3.97. The van der Waals surface area contributed by atoms with Gasteiger partial charge in [-0.25, -0.2) is 4.79 Å². The topological polar surface area (TPSA) is 192 Å². The van der Waals surface area contributed by atoms with Crippen molar-refractivity contribution in [2.75, 3.05) is 6.61 Å². The first-order valence-corrected chi connectivity index (χ1v) is 7.54. The van der Waals surface area contributed by atoms with Crippen LogP contribution in [0.25, 0.3) is 0 Å². The predicted molar refractivity (Wildman–Crippen MR) is 81.1 cm³/mol. The molecule has 1 rings (SSSR count). The number of hydrogen-bond donors (Lipinski definition) is 5. The molecule has 0 aromatic carbocycles. The molecule has 7 atom stereocenters. The second-order valence-electron chi connectivity index (χ2n) is 5.99. The summed E-state index contributed by atoms with van der Waals surface area (Å²) in [6.45, 7) is 2.67. The summed E-state index contributed by atoms with van der Waals surface area (Å²) < 4.78 is 15.5. The first kappa shape index (κ1) is 21.4. The Kier molecular flexibility index (Phi) is 6.99. The maximum atomic E-state index is 11.8. The van der Waals surface area contributed by atoms with E-state index in [2.05, 4.69) is 0 Å². The number of aliphatic hydroxyl groups excluding tert-OH is 2. The minimum Gasteiger partial charge on any atom is -0.479 e. The van der Waals surface area contributed by atoms with Crippen LogP contribution in [0.5, 0.6) is 0 Å². The van der Waals surface area contributed by atoms with E-state index in [0.717, 1.165) is 13.8 Å². The van der Waals surface area contributed by atoms with Crippen molar-refractivity contribution in [2.45, 2.75) is 63.1 Å². The van der Waals surface area contributed by atoms with Crippen molar-refractivity contribution in [3.05, 3.63) is 0 Å².